The van der Waals surface area contributed by atoms with E-state index < -0.39 is 35.9 Å². The van der Waals surface area contributed by atoms with Gasteiger partial charge in [0.2, 0.25) is 11.8 Å². The first-order valence-corrected chi connectivity index (χ1v) is 13.3. The Labute approximate surface area is 238 Å². The maximum atomic E-state index is 12.7. The summed E-state index contributed by atoms with van der Waals surface area (Å²) < 4.78 is 4.99. The van der Waals surface area contributed by atoms with Crippen LogP contribution < -0.4 is 27.7 Å². The van der Waals surface area contributed by atoms with Gasteiger partial charge in [0.25, 0.3) is 0 Å². The molecule has 2 aromatic carbocycles. The van der Waals surface area contributed by atoms with Gasteiger partial charge < -0.3 is 36.7 Å². The van der Waals surface area contributed by atoms with E-state index in [0.29, 0.717) is 23.3 Å². The molecule has 3 aromatic rings. The summed E-state index contributed by atoms with van der Waals surface area (Å²) in [5.41, 5.74) is 13.8. The molecule has 0 saturated heterocycles. The number of hydrogen-bond acceptors (Lipinski definition) is 8. The number of aryl methyl sites for hydroxylation is 1. The molecular formula is C30H40N4O7. The first-order valence-electron chi connectivity index (χ1n) is 13.3. The molecule has 1 heterocycles. The second kappa shape index (κ2) is 14.8. The van der Waals surface area contributed by atoms with Gasteiger partial charge in [0.05, 0.1) is 6.04 Å². The van der Waals surface area contributed by atoms with E-state index in [2.05, 4.69) is 10.6 Å². The molecule has 8 N–H and O–H groups in total. The number of aromatic hydroxyl groups is 1. The third-order valence-electron chi connectivity index (χ3n) is 6.28. The highest BCUT2D eigenvalue weighted by Crippen LogP contribution is 2.18. The quantitative estimate of drug-likeness (QED) is 0.157. The highest BCUT2D eigenvalue weighted by molar-refractivity contribution is 5.92. The Morgan fingerprint density at radius 3 is 2.15 bits per heavy atom. The van der Waals surface area contributed by atoms with Crippen molar-refractivity contribution in [3.05, 3.63) is 70.1 Å². The smallest absolute Gasteiger partial charge is 0.336 e. The van der Waals surface area contributed by atoms with Crippen LogP contribution in [0.15, 0.2) is 57.7 Å². The molecular weight excluding hydrogens is 528 g/mol. The molecule has 3 atom stereocenters. The number of nitrogens with one attached hydrogen (secondary N) is 2. The number of hydrogen-bond donors (Lipinski definition) is 6. The first-order chi connectivity index (χ1) is 19.2. The Balaban J connectivity index is 0.000000372. The number of phenols is 1. The van der Waals surface area contributed by atoms with Gasteiger partial charge in [-0.15, -0.1) is 0 Å². The highest BCUT2D eigenvalue weighted by atomic mass is 16.4. The maximum absolute atomic E-state index is 12.7. The van der Waals surface area contributed by atoms with Gasteiger partial charge in [0.15, 0.2) is 0 Å². The van der Waals surface area contributed by atoms with E-state index in [1.165, 1.54) is 18.2 Å². The van der Waals surface area contributed by atoms with E-state index >= 15 is 0 Å². The number of carboxylic acids is 1. The average molecular weight is 569 g/mol. The normalized spacial score (nSPS) is 13.2. The van der Waals surface area contributed by atoms with Crippen molar-refractivity contribution in [3.8, 4) is 5.75 Å². The number of fused-ring (bicyclic) bond motifs is 1. The number of rotatable bonds is 10. The number of nitrogens with two attached hydrogens (primary N) is 2. The fraction of sp³-hybridized carbons (Fsp3) is 0.400. The summed E-state index contributed by atoms with van der Waals surface area (Å²) in [5.74, 6) is -2.15. The number of amides is 2. The van der Waals surface area contributed by atoms with Crippen LogP contribution in [0.2, 0.25) is 0 Å². The fourth-order valence-electron chi connectivity index (χ4n) is 4.08. The van der Waals surface area contributed by atoms with Gasteiger partial charge in [0.1, 0.15) is 23.4 Å². The summed E-state index contributed by atoms with van der Waals surface area (Å²) >= 11 is 0. The van der Waals surface area contributed by atoms with E-state index in [4.69, 9.17) is 15.9 Å². The lowest BCUT2D eigenvalue weighted by Gasteiger charge is -2.25. The van der Waals surface area contributed by atoms with Crippen molar-refractivity contribution in [3.63, 3.8) is 0 Å². The van der Waals surface area contributed by atoms with Crippen molar-refractivity contribution in [2.45, 2.75) is 65.6 Å². The van der Waals surface area contributed by atoms with Crippen molar-refractivity contribution in [2.75, 3.05) is 5.73 Å². The molecule has 222 valence electrons. The maximum Gasteiger partial charge on any atom is 0.336 e. The minimum Gasteiger partial charge on any atom is -0.508 e. The van der Waals surface area contributed by atoms with Gasteiger partial charge in [-0.25, -0.2) is 9.59 Å². The molecule has 0 radical (unpaired) electrons. The Morgan fingerprint density at radius 1 is 0.951 bits per heavy atom. The molecule has 0 aliphatic heterocycles. The van der Waals surface area contributed by atoms with E-state index in [9.17, 15) is 29.4 Å². The number of carbonyl (C=O) groups excluding carboxylic acids is 2. The van der Waals surface area contributed by atoms with Crippen LogP contribution in [0.4, 0.5) is 5.69 Å². The highest BCUT2D eigenvalue weighted by Gasteiger charge is 2.30. The molecule has 0 unspecified atom stereocenters. The minimum atomic E-state index is -1.19. The zero-order chi connectivity index (χ0) is 30.9. The van der Waals surface area contributed by atoms with Crippen LogP contribution in [0.25, 0.3) is 11.0 Å². The van der Waals surface area contributed by atoms with Gasteiger partial charge >= 0.3 is 11.6 Å². The number of anilines is 1. The van der Waals surface area contributed by atoms with Crippen LogP contribution >= 0.6 is 0 Å². The molecule has 0 fully saturated rings. The average Bonchev–Trinajstić information content (AvgIpc) is 2.87. The molecule has 3 rings (SSSR count). The van der Waals surface area contributed by atoms with E-state index in [0.717, 1.165) is 10.9 Å². The monoisotopic (exact) mass is 568 g/mol. The first kappa shape index (κ1) is 32.8. The van der Waals surface area contributed by atoms with Gasteiger partial charge in [-0.05, 0) is 60.6 Å². The molecule has 0 saturated carbocycles. The molecule has 0 aliphatic carbocycles. The number of carboxylic acid groups (broad SMARTS) is 1. The van der Waals surface area contributed by atoms with E-state index in [-0.39, 0.29) is 29.6 Å². The Hall–Kier alpha value is -4.38. The van der Waals surface area contributed by atoms with Crippen molar-refractivity contribution in [1.82, 2.24) is 10.6 Å². The summed E-state index contributed by atoms with van der Waals surface area (Å²) in [5, 5.41) is 24.8. The molecule has 2 amide bonds. The van der Waals surface area contributed by atoms with E-state index in [1.807, 2.05) is 26.8 Å². The number of carbonyl (C=O) groups is 3. The zero-order valence-electron chi connectivity index (χ0n) is 24.0. The number of benzene rings is 2. The predicted octanol–water partition coefficient (Wildman–Crippen LogP) is 2.70. The summed E-state index contributed by atoms with van der Waals surface area (Å²) in [6, 6.07) is 10.0. The SMILES string of the molecule is CC(C)C[C@H](N)C(=O)N[C@H](C(=O)N[C@@H](Cc1ccc(O)cc1)C(=O)O)C(C)C.Cc1cc(=O)oc2cc(N)ccc12. The molecule has 0 bridgehead atoms. The predicted molar refractivity (Wildman–Crippen MR) is 157 cm³/mol. The summed E-state index contributed by atoms with van der Waals surface area (Å²) in [4.78, 5) is 47.5. The number of aliphatic carboxylic acids is 1. The number of phenolic OH excluding ortho intramolecular Hbond substituents is 1. The molecule has 0 aliphatic rings. The topological polar surface area (TPSA) is 198 Å². The van der Waals surface area contributed by atoms with Crippen molar-refractivity contribution in [1.29, 1.82) is 0 Å². The van der Waals surface area contributed by atoms with Crippen molar-refractivity contribution >= 4 is 34.4 Å². The largest absolute Gasteiger partial charge is 0.508 e. The summed E-state index contributed by atoms with van der Waals surface area (Å²) in [7, 11) is 0. The summed E-state index contributed by atoms with van der Waals surface area (Å²) in [6.07, 6.45) is 0.532. The third kappa shape index (κ3) is 10.3. The van der Waals surface area contributed by atoms with Gasteiger partial charge in [-0.3, -0.25) is 9.59 Å². The lowest BCUT2D eigenvalue weighted by atomic mass is 9.99. The molecule has 0 spiro atoms. The molecule has 41 heavy (non-hydrogen) atoms. The zero-order valence-corrected chi connectivity index (χ0v) is 24.0. The van der Waals surface area contributed by atoms with Crippen LogP contribution in [0, 0.1) is 18.8 Å². The van der Waals surface area contributed by atoms with E-state index in [1.54, 1.807) is 38.1 Å². The van der Waals surface area contributed by atoms with Crippen LogP contribution in [-0.4, -0.2) is 46.1 Å². The fourth-order valence-corrected chi connectivity index (χ4v) is 4.08. The van der Waals surface area contributed by atoms with Crippen LogP contribution in [-0.2, 0) is 20.8 Å². The minimum absolute atomic E-state index is 0.0486. The van der Waals surface area contributed by atoms with Crippen molar-refractivity contribution < 1.29 is 29.0 Å². The second-order valence-electron chi connectivity index (χ2n) is 10.7. The standard InChI is InChI=1S/C20H31N3O5.C10H9NO2/c1-11(2)9-15(21)18(25)23-17(12(3)4)19(26)22-16(20(27)28)10-13-5-7-14(24)8-6-13;1-6-4-10(12)13-9-5-7(11)2-3-8(6)9/h5-8,11-12,15-17,24H,9-10,21H2,1-4H3,(H,22,26)(H,23,25)(H,27,28);2-5H,11H2,1H3/t15-,16-,17-;/m0./s1. The number of nitrogen functional groups attached to an aromatic ring is 1. The Morgan fingerprint density at radius 2 is 1.59 bits per heavy atom. The van der Waals surface area contributed by atoms with Gasteiger partial charge in [-0.2, -0.15) is 0 Å². The second-order valence-corrected chi connectivity index (χ2v) is 10.7. The molecule has 1 aromatic heterocycles. The van der Waals surface area contributed by atoms with Crippen LogP contribution in [0.3, 0.4) is 0 Å². The van der Waals surface area contributed by atoms with Crippen LogP contribution in [0.1, 0.15) is 45.2 Å². The third-order valence-corrected chi connectivity index (χ3v) is 6.28. The van der Waals surface area contributed by atoms with Gasteiger partial charge in [-0.1, -0.05) is 39.8 Å². The van der Waals surface area contributed by atoms with Gasteiger partial charge in [0, 0.05) is 29.6 Å². The van der Waals surface area contributed by atoms with Crippen molar-refractivity contribution in [2.24, 2.45) is 17.6 Å². The lowest BCUT2D eigenvalue weighted by Crippen LogP contribution is -2.56. The Bertz CT molecular complexity index is 1400. The Kier molecular flexibility index (Phi) is 11.9. The molecule has 11 nitrogen and oxygen atoms in total. The lowest BCUT2D eigenvalue weighted by molar-refractivity contribution is -0.142. The van der Waals surface area contributed by atoms with Crippen LogP contribution in [0.5, 0.6) is 5.75 Å². The molecule has 11 heteroatoms. The summed E-state index contributed by atoms with van der Waals surface area (Å²) in [6.45, 7) is 9.28.